The van der Waals surface area contributed by atoms with Crippen molar-refractivity contribution < 1.29 is 14.6 Å². The predicted octanol–water partition coefficient (Wildman–Crippen LogP) is 0.0288. The van der Waals surface area contributed by atoms with E-state index in [1.165, 1.54) is 16.4 Å². The lowest BCUT2D eigenvalue weighted by molar-refractivity contribution is -0.138. The number of nitrogens with zero attached hydrogens (tertiary/aromatic N) is 4. The summed E-state index contributed by atoms with van der Waals surface area (Å²) in [6.07, 6.45) is 1.90. The minimum absolute atomic E-state index is 0.196. The van der Waals surface area contributed by atoms with Gasteiger partial charge in [0.25, 0.3) is 0 Å². The van der Waals surface area contributed by atoms with Crippen molar-refractivity contribution in [3.05, 3.63) is 0 Å². The van der Waals surface area contributed by atoms with Gasteiger partial charge in [0.05, 0.1) is 0 Å². The van der Waals surface area contributed by atoms with Gasteiger partial charge in [-0.3, -0.25) is 4.79 Å². The molecule has 0 atom stereocenters. The molecule has 0 bridgehead atoms. The van der Waals surface area contributed by atoms with Gasteiger partial charge in [-0.15, -0.1) is 5.10 Å². The maximum atomic E-state index is 10.6. The Balaban J connectivity index is 1.97. The van der Waals surface area contributed by atoms with Crippen LogP contribution in [0, 0.1) is 0 Å². The molecule has 1 N–H and O–H groups in total. The molecular weight excluding hydrogens is 232 g/mol. The van der Waals surface area contributed by atoms with Gasteiger partial charge in [-0.2, -0.15) is 0 Å². The van der Waals surface area contributed by atoms with E-state index in [2.05, 4.69) is 15.5 Å². The van der Waals surface area contributed by atoms with Gasteiger partial charge in [0.1, 0.15) is 6.54 Å². The third-order valence-electron chi connectivity index (χ3n) is 2.22. The number of carboxylic acids is 1. The Bertz CT molecular complexity index is 364. The number of ether oxygens (including phenoxy) is 1. The summed E-state index contributed by atoms with van der Waals surface area (Å²) in [4.78, 5) is 10.6. The van der Waals surface area contributed by atoms with Gasteiger partial charge in [-0.25, -0.2) is 4.68 Å². The molecule has 7 nitrogen and oxygen atoms in total. The molecule has 2 heterocycles. The first-order chi connectivity index (χ1) is 7.75. The SMILES string of the molecule is O=C(O)Cn1nnnc1SC1CCOCC1. The third-order valence-corrected chi connectivity index (χ3v) is 3.53. The molecular formula is C8H12N4O3S. The van der Waals surface area contributed by atoms with Crippen LogP contribution in [0.3, 0.4) is 0 Å². The number of rotatable bonds is 4. The highest BCUT2D eigenvalue weighted by Gasteiger charge is 2.19. The summed E-state index contributed by atoms with van der Waals surface area (Å²) in [7, 11) is 0. The summed E-state index contributed by atoms with van der Waals surface area (Å²) >= 11 is 1.52. The first-order valence-corrected chi connectivity index (χ1v) is 5.86. The number of carbonyl (C=O) groups is 1. The van der Waals surface area contributed by atoms with Crippen molar-refractivity contribution in [1.29, 1.82) is 0 Å². The summed E-state index contributed by atoms with van der Waals surface area (Å²) in [6, 6.07) is 0. The van der Waals surface area contributed by atoms with Crippen LogP contribution >= 0.6 is 11.8 Å². The van der Waals surface area contributed by atoms with Crippen molar-refractivity contribution >= 4 is 17.7 Å². The van der Waals surface area contributed by atoms with E-state index in [0.29, 0.717) is 10.4 Å². The van der Waals surface area contributed by atoms with Crippen LogP contribution < -0.4 is 0 Å². The number of tetrazole rings is 1. The number of aliphatic carboxylic acids is 1. The Kier molecular flexibility index (Phi) is 3.73. The Morgan fingerprint density at radius 3 is 3.00 bits per heavy atom. The average molecular weight is 244 g/mol. The third kappa shape index (κ3) is 2.92. The predicted molar refractivity (Wildman–Crippen MR) is 55.2 cm³/mol. The number of hydrogen-bond donors (Lipinski definition) is 1. The molecule has 88 valence electrons. The van der Waals surface area contributed by atoms with Crippen molar-refractivity contribution in [3.8, 4) is 0 Å². The molecule has 0 saturated carbocycles. The fourth-order valence-electron chi connectivity index (χ4n) is 1.45. The molecule has 1 saturated heterocycles. The van der Waals surface area contributed by atoms with Gasteiger partial charge in [0.2, 0.25) is 5.16 Å². The van der Waals surface area contributed by atoms with E-state index in [9.17, 15) is 4.79 Å². The van der Waals surface area contributed by atoms with E-state index in [-0.39, 0.29) is 6.54 Å². The largest absolute Gasteiger partial charge is 0.480 e. The monoisotopic (exact) mass is 244 g/mol. The molecule has 1 fully saturated rings. The highest BCUT2D eigenvalue weighted by molar-refractivity contribution is 7.99. The van der Waals surface area contributed by atoms with Crippen LogP contribution in [0.4, 0.5) is 0 Å². The van der Waals surface area contributed by atoms with Crippen LogP contribution in [0.2, 0.25) is 0 Å². The van der Waals surface area contributed by atoms with E-state index in [0.717, 1.165) is 26.1 Å². The van der Waals surface area contributed by atoms with Crippen LogP contribution in [-0.2, 0) is 16.1 Å². The Morgan fingerprint density at radius 2 is 2.31 bits per heavy atom. The standard InChI is InChI=1S/C8H12N4O3S/c13-7(14)5-12-8(9-10-11-12)16-6-1-3-15-4-2-6/h6H,1-5H2,(H,13,14). The highest BCUT2D eigenvalue weighted by Crippen LogP contribution is 2.27. The Hall–Kier alpha value is -1.15. The lowest BCUT2D eigenvalue weighted by atomic mass is 10.2. The Labute approximate surface area is 96.2 Å². The summed E-state index contributed by atoms with van der Waals surface area (Å²) in [5.74, 6) is -0.943. The van der Waals surface area contributed by atoms with E-state index < -0.39 is 5.97 Å². The van der Waals surface area contributed by atoms with Crippen LogP contribution in [0.25, 0.3) is 0 Å². The number of carboxylic acid groups (broad SMARTS) is 1. The van der Waals surface area contributed by atoms with Gasteiger partial charge in [0.15, 0.2) is 0 Å². The number of hydrogen-bond acceptors (Lipinski definition) is 6. The summed E-state index contributed by atoms with van der Waals surface area (Å²) in [6.45, 7) is 1.30. The van der Waals surface area contributed by atoms with Crippen molar-refractivity contribution in [2.75, 3.05) is 13.2 Å². The van der Waals surface area contributed by atoms with Gasteiger partial charge in [-0.05, 0) is 23.3 Å². The van der Waals surface area contributed by atoms with Crippen molar-refractivity contribution in [2.24, 2.45) is 0 Å². The van der Waals surface area contributed by atoms with Gasteiger partial charge in [0, 0.05) is 18.5 Å². The molecule has 0 aromatic carbocycles. The fraction of sp³-hybridized carbons (Fsp3) is 0.750. The molecule has 2 rings (SSSR count). The van der Waals surface area contributed by atoms with Crippen molar-refractivity contribution in [1.82, 2.24) is 20.2 Å². The zero-order valence-electron chi connectivity index (χ0n) is 8.57. The molecule has 0 radical (unpaired) electrons. The first-order valence-electron chi connectivity index (χ1n) is 4.98. The van der Waals surface area contributed by atoms with E-state index in [4.69, 9.17) is 9.84 Å². The molecule has 0 aliphatic carbocycles. The lowest BCUT2D eigenvalue weighted by Gasteiger charge is -2.20. The molecule has 1 aromatic heterocycles. The maximum Gasteiger partial charge on any atom is 0.325 e. The molecule has 0 unspecified atom stereocenters. The molecule has 1 aromatic rings. The van der Waals surface area contributed by atoms with Gasteiger partial charge < -0.3 is 9.84 Å². The van der Waals surface area contributed by atoms with Gasteiger partial charge >= 0.3 is 5.97 Å². The second kappa shape index (κ2) is 5.26. The zero-order valence-corrected chi connectivity index (χ0v) is 9.39. The summed E-state index contributed by atoms with van der Waals surface area (Å²) in [5.41, 5.74) is 0. The minimum atomic E-state index is -0.943. The van der Waals surface area contributed by atoms with Gasteiger partial charge in [-0.1, -0.05) is 11.8 Å². The molecule has 16 heavy (non-hydrogen) atoms. The Morgan fingerprint density at radius 1 is 1.56 bits per heavy atom. The molecule has 8 heteroatoms. The van der Waals surface area contributed by atoms with Crippen molar-refractivity contribution in [3.63, 3.8) is 0 Å². The van der Waals surface area contributed by atoms with Crippen molar-refractivity contribution in [2.45, 2.75) is 29.8 Å². The highest BCUT2D eigenvalue weighted by atomic mass is 32.2. The van der Waals surface area contributed by atoms with E-state index in [1.807, 2.05) is 0 Å². The number of thioether (sulfide) groups is 1. The summed E-state index contributed by atoms with van der Waals surface area (Å²) < 4.78 is 6.56. The molecule has 0 spiro atoms. The maximum absolute atomic E-state index is 10.6. The molecule has 1 aliphatic heterocycles. The topological polar surface area (TPSA) is 90.1 Å². The van der Waals surface area contributed by atoms with E-state index >= 15 is 0 Å². The molecule has 0 amide bonds. The zero-order chi connectivity index (χ0) is 11.4. The first kappa shape index (κ1) is 11.3. The van der Waals surface area contributed by atoms with Crippen LogP contribution in [0.1, 0.15) is 12.8 Å². The molecule has 1 aliphatic rings. The summed E-state index contributed by atoms with van der Waals surface area (Å²) in [5, 5.41) is 20.6. The second-order valence-corrected chi connectivity index (χ2v) is 4.71. The van der Waals surface area contributed by atoms with Crippen LogP contribution in [-0.4, -0.2) is 49.7 Å². The fourth-order valence-corrected chi connectivity index (χ4v) is 2.48. The minimum Gasteiger partial charge on any atom is -0.480 e. The lowest BCUT2D eigenvalue weighted by Crippen LogP contribution is -2.19. The second-order valence-electron chi connectivity index (χ2n) is 3.44. The quantitative estimate of drug-likeness (QED) is 0.799. The smallest absolute Gasteiger partial charge is 0.325 e. The average Bonchev–Trinajstić information content (AvgIpc) is 2.66. The van der Waals surface area contributed by atoms with Crippen LogP contribution in [0.5, 0.6) is 0 Å². The normalized spacial score (nSPS) is 17.5. The van der Waals surface area contributed by atoms with E-state index in [1.54, 1.807) is 0 Å². The number of aromatic nitrogens is 4. The van der Waals surface area contributed by atoms with Crippen LogP contribution in [0.15, 0.2) is 5.16 Å².